The molecule has 1 heterocycles. The van der Waals surface area contributed by atoms with Gasteiger partial charge in [0.2, 0.25) is 15.9 Å². The van der Waals surface area contributed by atoms with Gasteiger partial charge in [-0.05, 0) is 30.7 Å². The first-order chi connectivity index (χ1) is 10.9. The van der Waals surface area contributed by atoms with Crippen molar-refractivity contribution in [3.63, 3.8) is 0 Å². The Morgan fingerprint density at radius 3 is 2.52 bits per heavy atom. The lowest BCUT2D eigenvalue weighted by Gasteiger charge is -2.15. The van der Waals surface area contributed by atoms with Crippen LogP contribution in [0.3, 0.4) is 0 Å². The molecule has 0 radical (unpaired) electrons. The van der Waals surface area contributed by atoms with Crippen LogP contribution in [-0.2, 0) is 19.6 Å². The number of nitrogens with zero attached hydrogens (tertiary/aromatic N) is 1. The number of carbonyl (C=O) groups is 2. The first-order valence-electron chi connectivity index (χ1n) is 7.31. The van der Waals surface area contributed by atoms with E-state index in [2.05, 4.69) is 5.32 Å². The zero-order valence-electron chi connectivity index (χ0n) is 13.1. The SMILES string of the molecule is COCCCNC(=O)c1ccc(N2C(=O)C(C)CS2(=O)=O)cc1. The minimum Gasteiger partial charge on any atom is -0.385 e. The van der Waals surface area contributed by atoms with Gasteiger partial charge in [0, 0.05) is 25.8 Å². The van der Waals surface area contributed by atoms with Gasteiger partial charge in [-0.2, -0.15) is 0 Å². The van der Waals surface area contributed by atoms with Crippen LogP contribution in [0.1, 0.15) is 23.7 Å². The quantitative estimate of drug-likeness (QED) is 0.772. The number of sulfonamides is 1. The second-order valence-corrected chi connectivity index (χ2v) is 7.29. The molecule has 0 aliphatic carbocycles. The number of ether oxygens (including phenoxy) is 1. The summed E-state index contributed by atoms with van der Waals surface area (Å²) in [6.07, 6.45) is 0.707. The van der Waals surface area contributed by atoms with Crippen LogP contribution in [0.15, 0.2) is 24.3 Å². The third-order valence-electron chi connectivity index (χ3n) is 3.54. The second-order valence-electron chi connectivity index (χ2n) is 5.43. The zero-order valence-corrected chi connectivity index (χ0v) is 13.9. The molecule has 0 saturated carbocycles. The standard InChI is InChI=1S/C15H20N2O5S/c1-11-10-23(20,21)17(15(11)19)13-6-4-12(5-7-13)14(18)16-8-3-9-22-2/h4-7,11H,3,8-10H2,1-2H3,(H,16,18). The molecule has 1 unspecified atom stereocenters. The van der Waals surface area contributed by atoms with Crippen molar-refractivity contribution in [3.05, 3.63) is 29.8 Å². The Morgan fingerprint density at radius 1 is 1.35 bits per heavy atom. The molecule has 0 bridgehead atoms. The van der Waals surface area contributed by atoms with Crippen LogP contribution >= 0.6 is 0 Å². The van der Waals surface area contributed by atoms with Gasteiger partial charge in [0.25, 0.3) is 5.91 Å². The van der Waals surface area contributed by atoms with Crippen LogP contribution in [0.25, 0.3) is 0 Å². The van der Waals surface area contributed by atoms with Gasteiger partial charge in [0.15, 0.2) is 0 Å². The largest absolute Gasteiger partial charge is 0.385 e. The second kappa shape index (κ2) is 7.10. The fraction of sp³-hybridized carbons (Fsp3) is 0.467. The molecule has 1 atom stereocenters. The monoisotopic (exact) mass is 340 g/mol. The summed E-state index contributed by atoms with van der Waals surface area (Å²) in [7, 11) is -2.03. The van der Waals surface area contributed by atoms with Crippen molar-refractivity contribution in [2.45, 2.75) is 13.3 Å². The summed E-state index contributed by atoms with van der Waals surface area (Å²) in [6.45, 7) is 2.64. The number of nitrogens with one attached hydrogen (secondary N) is 1. The Morgan fingerprint density at radius 2 is 2.00 bits per heavy atom. The third-order valence-corrected chi connectivity index (χ3v) is 5.40. The number of amides is 2. The summed E-state index contributed by atoms with van der Waals surface area (Å²) in [5, 5.41) is 2.74. The van der Waals surface area contributed by atoms with Crippen molar-refractivity contribution in [3.8, 4) is 0 Å². The van der Waals surface area contributed by atoms with Gasteiger partial charge < -0.3 is 10.1 Å². The van der Waals surface area contributed by atoms with Crippen LogP contribution in [0.4, 0.5) is 5.69 Å². The number of anilines is 1. The van der Waals surface area contributed by atoms with Gasteiger partial charge >= 0.3 is 0 Å². The highest BCUT2D eigenvalue weighted by atomic mass is 32.2. The van der Waals surface area contributed by atoms with Crippen molar-refractivity contribution in [2.24, 2.45) is 5.92 Å². The molecule has 23 heavy (non-hydrogen) atoms. The van der Waals surface area contributed by atoms with Gasteiger partial charge in [-0.1, -0.05) is 6.92 Å². The average Bonchev–Trinajstić information content (AvgIpc) is 2.71. The van der Waals surface area contributed by atoms with E-state index in [4.69, 9.17) is 4.74 Å². The maximum atomic E-state index is 12.0. The van der Waals surface area contributed by atoms with Crippen LogP contribution in [0.5, 0.6) is 0 Å². The molecular formula is C15H20N2O5S. The van der Waals surface area contributed by atoms with Crippen LogP contribution < -0.4 is 9.62 Å². The summed E-state index contributed by atoms with van der Waals surface area (Å²) < 4.78 is 29.7. The van der Waals surface area contributed by atoms with Crippen LogP contribution in [0.2, 0.25) is 0 Å². The predicted octanol–water partition coefficient (Wildman–Crippen LogP) is 0.765. The molecule has 1 aromatic carbocycles. The normalized spacial score (nSPS) is 19.8. The zero-order chi connectivity index (χ0) is 17.0. The molecule has 2 rings (SSSR count). The summed E-state index contributed by atoms with van der Waals surface area (Å²) in [4.78, 5) is 23.9. The minimum absolute atomic E-state index is 0.187. The molecule has 1 aliphatic heterocycles. The summed E-state index contributed by atoms with van der Waals surface area (Å²) >= 11 is 0. The fourth-order valence-electron chi connectivity index (χ4n) is 2.36. The predicted molar refractivity (Wildman–Crippen MR) is 85.7 cm³/mol. The van der Waals surface area contributed by atoms with Gasteiger partial charge in [0.05, 0.1) is 17.4 Å². The molecule has 1 N–H and O–H groups in total. The van der Waals surface area contributed by atoms with Gasteiger partial charge in [-0.25, -0.2) is 12.7 Å². The number of rotatable bonds is 6. The van der Waals surface area contributed by atoms with E-state index in [-0.39, 0.29) is 17.3 Å². The Hall–Kier alpha value is -1.93. The molecule has 1 saturated heterocycles. The number of benzene rings is 1. The topological polar surface area (TPSA) is 92.8 Å². The van der Waals surface area contributed by atoms with Gasteiger partial charge in [-0.3, -0.25) is 9.59 Å². The maximum absolute atomic E-state index is 12.0. The Balaban J connectivity index is 2.08. The summed E-state index contributed by atoms with van der Waals surface area (Å²) in [5.41, 5.74) is 0.665. The number of carbonyl (C=O) groups excluding carboxylic acids is 2. The molecule has 2 amide bonds. The van der Waals surface area contributed by atoms with E-state index in [0.717, 1.165) is 4.31 Å². The highest BCUT2D eigenvalue weighted by Crippen LogP contribution is 2.28. The van der Waals surface area contributed by atoms with Gasteiger partial charge in [-0.15, -0.1) is 0 Å². The third kappa shape index (κ3) is 3.89. The molecule has 8 heteroatoms. The minimum atomic E-state index is -3.62. The van der Waals surface area contributed by atoms with E-state index < -0.39 is 21.8 Å². The Kier molecular flexibility index (Phi) is 5.38. The highest BCUT2D eigenvalue weighted by molar-refractivity contribution is 7.94. The van der Waals surface area contributed by atoms with Crippen molar-refractivity contribution in [2.75, 3.05) is 30.3 Å². The van der Waals surface area contributed by atoms with E-state index in [0.29, 0.717) is 25.1 Å². The van der Waals surface area contributed by atoms with E-state index in [1.165, 1.54) is 24.3 Å². The molecule has 0 spiro atoms. The van der Waals surface area contributed by atoms with E-state index in [9.17, 15) is 18.0 Å². The highest BCUT2D eigenvalue weighted by Gasteiger charge is 2.41. The van der Waals surface area contributed by atoms with Crippen molar-refractivity contribution >= 4 is 27.5 Å². The molecule has 1 fully saturated rings. The summed E-state index contributed by atoms with van der Waals surface area (Å²) in [5.74, 6) is -1.43. The molecule has 126 valence electrons. The van der Waals surface area contributed by atoms with Crippen molar-refractivity contribution < 1.29 is 22.7 Å². The van der Waals surface area contributed by atoms with E-state index in [1.807, 2.05) is 0 Å². The first kappa shape index (κ1) is 17.4. The van der Waals surface area contributed by atoms with Crippen molar-refractivity contribution in [1.29, 1.82) is 0 Å². The lowest BCUT2D eigenvalue weighted by atomic mass is 10.1. The number of hydrogen-bond donors (Lipinski definition) is 1. The smallest absolute Gasteiger partial charge is 0.251 e. The molecule has 0 aromatic heterocycles. The Bertz CT molecular complexity index is 684. The lowest BCUT2D eigenvalue weighted by Crippen LogP contribution is -2.30. The maximum Gasteiger partial charge on any atom is 0.251 e. The van der Waals surface area contributed by atoms with Crippen molar-refractivity contribution in [1.82, 2.24) is 5.32 Å². The van der Waals surface area contributed by atoms with E-state index >= 15 is 0 Å². The molecular weight excluding hydrogens is 320 g/mol. The van der Waals surface area contributed by atoms with Crippen LogP contribution in [0, 0.1) is 5.92 Å². The molecule has 7 nitrogen and oxygen atoms in total. The molecule has 1 aromatic rings. The first-order valence-corrected chi connectivity index (χ1v) is 8.92. The Labute approximate surface area is 135 Å². The van der Waals surface area contributed by atoms with Gasteiger partial charge in [0.1, 0.15) is 0 Å². The number of methoxy groups -OCH3 is 1. The fourth-order valence-corrected chi connectivity index (χ4v) is 4.18. The summed E-state index contributed by atoms with van der Waals surface area (Å²) in [6, 6.07) is 5.95. The average molecular weight is 340 g/mol. The molecule has 1 aliphatic rings. The van der Waals surface area contributed by atoms with Crippen LogP contribution in [-0.4, -0.2) is 46.2 Å². The number of hydrogen-bond acceptors (Lipinski definition) is 5. The van der Waals surface area contributed by atoms with E-state index in [1.54, 1.807) is 14.0 Å². The lowest BCUT2D eigenvalue weighted by molar-refractivity contribution is -0.119.